The summed E-state index contributed by atoms with van der Waals surface area (Å²) >= 11 is 0. The second kappa shape index (κ2) is 7.91. The van der Waals surface area contributed by atoms with Crippen molar-refractivity contribution in [3.05, 3.63) is 46.5 Å². The Balaban J connectivity index is 1.75. The van der Waals surface area contributed by atoms with Crippen LogP contribution < -0.4 is 20.5 Å². The van der Waals surface area contributed by atoms with Gasteiger partial charge in [-0.1, -0.05) is 0 Å². The molecule has 0 saturated heterocycles. The van der Waals surface area contributed by atoms with Gasteiger partial charge in [0, 0.05) is 18.9 Å². The van der Waals surface area contributed by atoms with Crippen LogP contribution in [0.15, 0.2) is 35.3 Å². The van der Waals surface area contributed by atoms with E-state index in [1.807, 2.05) is 0 Å². The number of aromatic nitrogens is 2. The van der Waals surface area contributed by atoms with Gasteiger partial charge in [0.2, 0.25) is 0 Å². The molecule has 0 fully saturated rings. The third kappa shape index (κ3) is 4.52. The predicted octanol–water partition coefficient (Wildman–Crippen LogP) is 1.76. The summed E-state index contributed by atoms with van der Waals surface area (Å²) < 4.78 is 67.8. The summed E-state index contributed by atoms with van der Waals surface area (Å²) in [4.78, 5) is 27.6. The molecule has 0 radical (unpaired) electrons. The molecule has 0 aliphatic carbocycles. The summed E-state index contributed by atoms with van der Waals surface area (Å²) in [6, 6.07) is 0.479. The second-order valence-corrected chi connectivity index (χ2v) is 6.16. The molecule has 2 aromatic rings. The van der Waals surface area contributed by atoms with E-state index in [0.29, 0.717) is 0 Å². The van der Waals surface area contributed by atoms with E-state index >= 15 is 0 Å². The zero-order valence-corrected chi connectivity index (χ0v) is 15.3. The van der Waals surface area contributed by atoms with Crippen LogP contribution in [0, 0.1) is 0 Å². The number of rotatable bonds is 7. The van der Waals surface area contributed by atoms with Gasteiger partial charge in [0.15, 0.2) is 11.5 Å². The van der Waals surface area contributed by atoms with E-state index in [2.05, 4.69) is 24.5 Å². The number of nitrogens with one attached hydrogen (secondary N) is 1. The molecule has 2 N–H and O–H groups in total. The van der Waals surface area contributed by atoms with Crippen LogP contribution in [0.2, 0.25) is 0 Å². The van der Waals surface area contributed by atoms with Crippen molar-refractivity contribution in [2.45, 2.75) is 24.9 Å². The minimum absolute atomic E-state index is 0.0347. The maximum atomic E-state index is 14.2. The van der Waals surface area contributed by atoms with Gasteiger partial charge in [-0.2, -0.15) is 13.8 Å². The molecule has 1 unspecified atom stereocenters. The fourth-order valence-electron chi connectivity index (χ4n) is 2.60. The molecule has 1 aromatic heterocycles. The second-order valence-electron chi connectivity index (χ2n) is 6.16. The molecule has 3 rings (SSSR count). The molecular formula is C17H15F4N3O6. The quantitative estimate of drug-likeness (QED) is 0.640. The highest BCUT2D eigenvalue weighted by Crippen LogP contribution is 2.41. The molecule has 1 aliphatic heterocycles. The van der Waals surface area contributed by atoms with E-state index in [9.17, 15) is 27.2 Å². The number of methoxy groups -OCH3 is 1. The highest BCUT2D eigenvalue weighted by Gasteiger charge is 2.43. The summed E-state index contributed by atoms with van der Waals surface area (Å²) in [6.45, 7) is -0.677. The van der Waals surface area contributed by atoms with Crippen LogP contribution in [-0.2, 0) is 10.8 Å². The topological polar surface area (TPSA) is 112 Å². The molecule has 9 nitrogen and oxygen atoms in total. The molecule has 0 spiro atoms. The van der Waals surface area contributed by atoms with Crippen LogP contribution in [-0.4, -0.2) is 46.7 Å². The first-order valence-corrected chi connectivity index (χ1v) is 8.37. The molecule has 162 valence electrons. The van der Waals surface area contributed by atoms with Crippen molar-refractivity contribution in [3.63, 3.8) is 0 Å². The van der Waals surface area contributed by atoms with Gasteiger partial charge in [-0.05, 0) is 24.3 Å². The minimum atomic E-state index is -3.85. The van der Waals surface area contributed by atoms with Crippen LogP contribution in [0.4, 0.5) is 23.4 Å². The van der Waals surface area contributed by atoms with E-state index in [1.165, 1.54) is 0 Å². The van der Waals surface area contributed by atoms with Gasteiger partial charge in [0.1, 0.15) is 5.82 Å². The SMILES string of the molecule is COC(CO)CC(F)(F)n1ccc(NC(=O)c2ccc3c(c2)OC(F)(F)O3)nc1=O. The smallest absolute Gasteiger partial charge is 0.395 e. The van der Waals surface area contributed by atoms with Crippen molar-refractivity contribution in [1.82, 2.24) is 9.55 Å². The van der Waals surface area contributed by atoms with Crippen molar-refractivity contribution >= 4 is 11.7 Å². The number of aliphatic hydroxyl groups is 1. The lowest BCUT2D eigenvalue weighted by atomic mass is 10.2. The predicted molar refractivity (Wildman–Crippen MR) is 91.8 cm³/mol. The Bertz CT molecular complexity index is 1010. The number of halogens is 4. The van der Waals surface area contributed by atoms with Gasteiger partial charge in [0.25, 0.3) is 5.91 Å². The normalized spacial score (nSPS) is 15.7. The zero-order chi connectivity index (χ0) is 22.1. The molecule has 2 heterocycles. The Morgan fingerprint density at radius 2 is 2.03 bits per heavy atom. The van der Waals surface area contributed by atoms with Crippen LogP contribution in [0.25, 0.3) is 0 Å². The Hall–Kier alpha value is -3.19. The number of alkyl halides is 4. The number of anilines is 1. The molecule has 1 aromatic carbocycles. The first-order valence-electron chi connectivity index (χ1n) is 8.37. The van der Waals surface area contributed by atoms with Gasteiger partial charge in [-0.25, -0.2) is 9.36 Å². The number of ether oxygens (including phenoxy) is 3. The lowest BCUT2D eigenvalue weighted by Gasteiger charge is -2.22. The van der Waals surface area contributed by atoms with Crippen molar-refractivity contribution in [2.24, 2.45) is 0 Å². The van der Waals surface area contributed by atoms with E-state index in [1.54, 1.807) is 0 Å². The standard InChI is InChI=1S/C17H15F4N3O6/c1-28-10(8-25)7-16(18,19)24-5-4-13(23-15(24)27)22-14(26)9-2-3-11-12(6-9)30-17(20,21)29-11/h2-6,10,25H,7-8H2,1H3,(H,22,23,26,27). The third-order valence-corrected chi connectivity index (χ3v) is 4.07. The van der Waals surface area contributed by atoms with Crippen molar-refractivity contribution in [3.8, 4) is 11.5 Å². The average molecular weight is 433 g/mol. The largest absolute Gasteiger partial charge is 0.586 e. The summed E-state index contributed by atoms with van der Waals surface area (Å²) in [5.74, 6) is -1.83. The number of carbonyl (C=O) groups excluding carboxylic acids is 1. The summed E-state index contributed by atoms with van der Waals surface area (Å²) in [5.41, 5.74) is -1.49. The number of hydrogen-bond donors (Lipinski definition) is 2. The van der Waals surface area contributed by atoms with E-state index in [-0.39, 0.29) is 27.4 Å². The van der Waals surface area contributed by atoms with Gasteiger partial charge in [0.05, 0.1) is 19.1 Å². The lowest BCUT2D eigenvalue weighted by Crippen LogP contribution is -2.39. The number of hydrogen-bond acceptors (Lipinski definition) is 7. The molecule has 1 atom stereocenters. The van der Waals surface area contributed by atoms with Crippen LogP contribution in [0.5, 0.6) is 11.5 Å². The number of amides is 1. The van der Waals surface area contributed by atoms with Crippen molar-refractivity contribution in [1.29, 1.82) is 0 Å². The number of benzene rings is 1. The molecule has 1 amide bonds. The van der Waals surface area contributed by atoms with Crippen molar-refractivity contribution < 1.29 is 41.7 Å². The highest BCUT2D eigenvalue weighted by atomic mass is 19.3. The molecular weight excluding hydrogens is 418 g/mol. The fraction of sp³-hybridized carbons (Fsp3) is 0.353. The Labute approximate surface area is 165 Å². The Morgan fingerprint density at radius 1 is 1.33 bits per heavy atom. The molecule has 0 saturated carbocycles. The van der Waals surface area contributed by atoms with Crippen LogP contribution >= 0.6 is 0 Å². The average Bonchev–Trinajstić information content (AvgIpc) is 2.98. The van der Waals surface area contributed by atoms with Gasteiger partial charge < -0.3 is 24.6 Å². The van der Waals surface area contributed by atoms with Crippen molar-refractivity contribution in [2.75, 3.05) is 19.0 Å². The highest BCUT2D eigenvalue weighted by molar-refractivity contribution is 6.04. The first-order chi connectivity index (χ1) is 14.0. The first kappa shape index (κ1) is 21.5. The lowest BCUT2D eigenvalue weighted by molar-refractivity contribution is -0.286. The number of fused-ring (bicyclic) bond motifs is 1. The third-order valence-electron chi connectivity index (χ3n) is 4.07. The summed E-state index contributed by atoms with van der Waals surface area (Å²) in [6.07, 6.45) is -5.32. The zero-order valence-electron chi connectivity index (χ0n) is 15.3. The monoisotopic (exact) mass is 433 g/mol. The van der Waals surface area contributed by atoms with E-state index in [0.717, 1.165) is 37.6 Å². The Kier molecular flexibility index (Phi) is 5.67. The number of nitrogens with zero attached hydrogens (tertiary/aromatic N) is 2. The summed E-state index contributed by atoms with van der Waals surface area (Å²) in [5, 5.41) is 11.2. The molecule has 1 aliphatic rings. The van der Waals surface area contributed by atoms with Gasteiger partial charge in [-0.15, -0.1) is 8.78 Å². The van der Waals surface area contributed by atoms with E-state index < -0.39 is 43.1 Å². The van der Waals surface area contributed by atoms with Gasteiger partial charge >= 0.3 is 18.0 Å². The maximum absolute atomic E-state index is 14.2. The Morgan fingerprint density at radius 3 is 2.67 bits per heavy atom. The van der Waals surface area contributed by atoms with E-state index in [4.69, 9.17) is 5.11 Å². The number of carbonyl (C=O) groups is 1. The van der Waals surface area contributed by atoms with Crippen LogP contribution in [0.1, 0.15) is 16.8 Å². The van der Waals surface area contributed by atoms with Gasteiger partial charge in [-0.3, -0.25) is 4.79 Å². The molecule has 13 heteroatoms. The maximum Gasteiger partial charge on any atom is 0.586 e. The molecule has 30 heavy (non-hydrogen) atoms. The molecule has 0 bridgehead atoms. The fourth-order valence-corrected chi connectivity index (χ4v) is 2.60. The van der Waals surface area contributed by atoms with Crippen LogP contribution in [0.3, 0.4) is 0 Å². The summed E-state index contributed by atoms with van der Waals surface area (Å²) in [7, 11) is 1.13. The number of aliphatic hydroxyl groups excluding tert-OH is 1. The minimum Gasteiger partial charge on any atom is -0.395 e.